The maximum absolute atomic E-state index is 11.5. The van der Waals surface area contributed by atoms with Crippen molar-refractivity contribution in [3.05, 3.63) is 65.5 Å². The number of carboxylic acids is 1. The van der Waals surface area contributed by atoms with Crippen molar-refractivity contribution in [3.63, 3.8) is 0 Å². The average molecular weight is 324 g/mol. The topological polar surface area (TPSA) is 88.5 Å². The van der Waals surface area contributed by atoms with E-state index in [0.717, 1.165) is 5.56 Å². The van der Waals surface area contributed by atoms with Gasteiger partial charge in [0.2, 0.25) is 0 Å². The summed E-state index contributed by atoms with van der Waals surface area (Å²) in [5.74, 6) is 4.49. The second kappa shape index (κ2) is 8.96. The van der Waals surface area contributed by atoms with Gasteiger partial charge in [0.05, 0.1) is 11.1 Å². The zero-order chi connectivity index (χ0) is 17.2. The monoisotopic (exact) mass is 324 g/mol. The molecule has 0 atom stereocenters. The van der Waals surface area contributed by atoms with Crippen molar-refractivity contribution in [2.45, 2.75) is 13.0 Å². The van der Waals surface area contributed by atoms with Crippen LogP contribution in [0.1, 0.15) is 27.9 Å². The molecule has 0 aliphatic heterocycles. The molecule has 0 fully saturated rings. The van der Waals surface area contributed by atoms with E-state index in [9.17, 15) is 9.59 Å². The standard InChI is InChI=1S/C18H16N2O4/c21-17(22)16-9-11-19-12-15(16)8-4-5-10-20-18(23)24-13-14-6-2-1-3-7-14/h1-3,6-7,9,11-12H,5,10,13H2,(H,20,23)(H,21,22). The minimum atomic E-state index is -1.05. The summed E-state index contributed by atoms with van der Waals surface area (Å²) < 4.78 is 5.06. The lowest BCUT2D eigenvalue weighted by Gasteiger charge is -2.05. The van der Waals surface area contributed by atoms with Crippen LogP contribution in [0.2, 0.25) is 0 Å². The van der Waals surface area contributed by atoms with Crippen LogP contribution in [0.3, 0.4) is 0 Å². The molecule has 2 N–H and O–H groups in total. The van der Waals surface area contributed by atoms with Crippen molar-refractivity contribution in [1.82, 2.24) is 10.3 Å². The van der Waals surface area contributed by atoms with Crippen LogP contribution in [0.5, 0.6) is 0 Å². The maximum Gasteiger partial charge on any atom is 0.407 e. The Kier molecular flexibility index (Phi) is 6.35. The second-order valence-corrected chi connectivity index (χ2v) is 4.77. The normalized spacial score (nSPS) is 9.50. The Labute approximate surface area is 139 Å². The molecule has 2 rings (SSSR count). The highest BCUT2D eigenvalue weighted by Crippen LogP contribution is 2.05. The highest BCUT2D eigenvalue weighted by Gasteiger charge is 2.06. The van der Waals surface area contributed by atoms with Gasteiger partial charge in [-0.2, -0.15) is 0 Å². The minimum absolute atomic E-state index is 0.104. The first-order valence-electron chi connectivity index (χ1n) is 7.27. The zero-order valence-electron chi connectivity index (χ0n) is 12.9. The van der Waals surface area contributed by atoms with Gasteiger partial charge in [-0.25, -0.2) is 9.59 Å². The molecule has 0 radical (unpaired) electrons. The van der Waals surface area contributed by atoms with Crippen LogP contribution in [0.4, 0.5) is 4.79 Å². The SMILES string of the molecule is O=C(NCCC#Cc1cnccc1C(=O)O)OCc1ccccc1. The number of benzene rings is 1. The number of carboxylic acid groups (broad SMARTS) is 1. The van der Waals surface area contributed by atoms with E-state index in [-0.39, 0.29) is 12.2 Å². The van der Waals surface area contributed by atoms with Crippen molar-refractivity contribution in [3.8, 4) is 11.8 Å². The van der Waals surface area contributed by atoms with Gasteiger partial charge >= 0.3 is 12.1 Å². The lowest BCUT2D eigenvalue weighted by molar-refractivity contribution is 0.0696. The van der Waals surface area contributed by atoms with E-state index in [1.165, 1.54) is 18.5 Å². The molecule has 1 aromatic carbocycles. The van der Waals surface area contributed by atoms with Gasteiger partial charge in [0, 0.05) is 25.4 Å². The molecule has 1 amide bonds. The Balaban J connectivity index is 1.74. The Morgan fingerprint density at radius 3 is 2.75 bits per heavy atom. The van der Waals surface area contributed by atoms with Crippen LogP contribution >= 0.6 is 0 Å². The predicted octanol–water partition coefficient (Wildman–Crippen LogP) is 2.45. The highest BCUT2D eigenvalue weighted by molar-refractivity contribution is 5.90. The lowest BCUT2D eigenvalue weighted by Crippen LogP contribution is -2.24. The average Bonchev–Trinajstić information content (AvgIpc) is 2.61. The van der Waals surface area contributed by atoms with E-state index in [1.54, 1.807) is 0 Å². The predicted molar refractivity (Wildman–Crippen MR) is 87.3 cm³/mol. The summed E-state index contributed by atoms with van der Waals surface area (Å²) >= 11 is 0. The van der Waals surface area contributed by atoms with Gasteiger partial charge in [-0.15, -0.1) is 0 Å². The van der Waals surface area contributed by atoms with Gasteiger partial charge in [-0.05, 0) is 11.6 Å². The number of aromatic carboxylic acids is 1. The molecule has 1 aromatic heterocycles. The van der Waals surface area contributed by atoms with Crippen molar-refractivity contribution >= 4 is 12.1 Å². The summed E-state index contributed by atoms with van der Waals surface area (Å²) in [7, 11) is 0. The van der Waals surface area contributed by atoms with E-state index in [2.05, 4.69) is 22.1 Å². The zero-order valence-corrected chi connectivity index (χ0v) is 12.9. The number of carbonyl (C=O) groups is 2. The molecule has 0 saturated carbocycles. The van der Waals surface area contributed by atoms with Crippen LogP contribution in [0, 0.1) is 11.8 Å². The number of nitrogens with one attached hydrogen (secondary N) is 1. The molecule has 0 aliphatic carbocycles. The summed E-state index contributed by atoms with van der Waals surface area (Å²) in [6.07, 6.45) is 2.65. The Morgan fingerprint density at radius 2 is 2.00 bits per heavy atom. The first-order chi connectivity index (χ1) is 11.7. The van der Waals surface area contributed by atoms with Crippen LogP contribution in [0.15, 0.2) is 48.8 Å². The molecule has 0 aliphatic rings. The molecule has 1 heterocycles. The van der Waals surface area contributed by atoms with Crippen molar-refractivity contribution in [2.24, 2.45) is 0 Å². The van der Waals surface area contributed by atoms with E-state index in [0.29, 0.717) is 18.5 Å². The van der Waals surface area contributed by atoms with Crippen molar-refractivity contribution < 1.29 is 19.4 Å². The first kappa shape index (κ1) is 17.0. The van der Waals surface area contributed by atoms with Crippen molar-refractivity contribution in [1.29, 1.82) is 0 Å². The van der Waals surface area contributed by atoms with Gasteiger partial charge in [-0.1, -0.05) is 42.2 Å². The smallest absolute Gasteiger partial charge is 0.407 e. The van der Waals surface area contributed by atoms with E-state index < -0.39 is 12.1 Å². The molecule has 24 heavy (non-hydrogen) atoms. The molecule has 2 aromatic rings. The number of ether oxygens (including phenoxy) is 1. The van der Waals surface area contributed by atoms with Gasteiger partial charge in [0.25, 0.3) is 0 Å². The lowest BCUT2D eigenvalue weighted by atomic mass is 10.1. The van der Waals surface area contributed by atoms with Gasteiger partial charge < -0.3 is 15.2 Å². The number of rotatable bonds is 5. The summed E-state index contributed by atoms with van der Waals surface area (Å²) in [4.78, 5) is 26.4. The highest BCUT2D eigenvalue weighted by atomic mass is 16.5. The van der Waals surface area contributed by atoms with Crippen LogP contribution < -0.4 is 5.32 Å². The quantitative estimate of drug-likeness (QED) is 0.651. The number of hydrogen-bond acceptors (Lipinski definition) is 4. The summed E-state index contributed by atoms with van der Waals surface area (Å²) in [6, 6.07) is 10.8. The maximum atomic E-state index is 11.5. The number of amides is 1. The van der Waals surface area contributed by atoms with Crippen molar-refractivity contribution in [2.75, 3.05) is 6.54 Å². The fraction of sp³-hybridized carbons (Fsp3) is 0.167. The fourth-order valence-corrected chi connectivity index (χ4v) is 1.84. The Hall–Kier alpha value is -3.33. The summed E-state index contributed by atoms with van der Waals surface area (Å²) in [6.45, 7) is 0.513. The summed E-state index contributed by atoms with van der Waals surface area (Å²) in [5, 5.41) is 11.6. The van der Waals surface area contributed by atoms with E-state index >= 15 is 0 Å². The van der Waals surface area contributed by atoms with Crippen LogP contribution in [0.25, 0.3) is 0 Å². The number of nitrogens with zero attached hydrogens (tertiary/aromatic N) is 1. The van der Waals surface area contributed by atoms with Crippen LogP contribution in [-0.4, -0.2) is 28.7 Å². The first-order valence-corrected chi connectivity index (χ1v) is 7.27. The van der Waals surface area contributed by atoms with Gasteiger partial charge in [0.1, 0.15) is 6.61 Å². The minimum Gasteiger partial charge on any atom is -0.478 e. The molecular formula is C18H16N2O4. The third-order valence-electron chi connectivity index (χ3n) is 3.01. The largest absolute Gasteiger partial charge is 0.478 e. The molecule has 0 spiro atoms. The Bertz CT molecular complexity index is 763. The van der Waals surface area contributed by atoms with E-state index in [1.807, 2.05) is 30.3 Å². The molecule has 122 valence electrons. The number of aromatic nitrogens is 1. The van der Waals surface area contributed by atoms with Gasteiger partial charge in [-0.3, -0.25) is 4.98 Å². The number of pyridine rings is 1. The van der Waals surface area contributed by atoms with Gasteiger partial charge in [0.15, 0.2) is 0 Å². The molecule has 0 bridgehead atoms. The number of carbonyl (C=O) groups excluding carboxylic acids is 1. The molecule has 6 nitrogen and oxygen atoms in total. The summed E-state index contributed by atoms with van der Waals surface area (Å²) in [5.41, 5.74) is 1.36. The molecule has 0 unspecified atom stereocenters. The third kappa shape index (κ3) is 5.46. The number of hydrogen-bond donors (Lipinski definition) is 2. The van der Waals surface area contributed by atoms with Crippen LogP contribution in [-0.2, 0) is 11.3 Å². The third-order valence-corrected chi connectivity index (χ3v) is 3.01. The second-order valence-electron chi connectivity index (χ2n) is 4.77. The molecule has 0 saturated heterocycles. The number of alkyl carbamates (subject to hydrolysis) is 1. The Morgan fingerprint density at radius 1 is 1.21 bits per heavy atom. The fourth-order valence-electron chi connectivity index (χ4n) is 1.84. The molecule has 6 heteroatoms. The molecular weight excluding hydrogens is 308 g/mol. The van der Waals surface area contributed by atoms with E-state index in [4.69, 9.17) is 9.84 Å².